The first kappa shape index (κ1) is 23.6. The summed E-state index contributed by atoms with van der Waals surface area (Å²) >= 11 is 0. The predicted molar refractivity (Wildman–Crippen MR) is 131 cm³/mol. The highest BCUT2D eigenvalue weighted by Crippen LogP contribution is 2.33. The van der Waals surface area contributed by atoms with Gasteiger partial charge in [0.2, 0.25) is 11.8 Å². The Morgan fingerprint density at radius 2 is 1.85 bits per heavy atom. The van der Waals surface area contributed by atoms with E-state index in [2.05, 4.69) is 27.2 Å². The third kappa shape index (κ3) is 5.16. The summed E-state index contributed by atoms with van der Waals surface area (Å²) in [5, 5.41) is 2.79. The van der Waals surface area contributed by atoms with Crippen molar-refractivity contribution in [2.75, 3.05) is 64.1 Å². The normalized spacial score (nSPS) is 18.6. The van der Waals surface area contributed by atoms with Crippen LogP contribution in [-0.4, -0.2) is 87.7 Å². The van der Waals surface area contributed by atoms with E-state index in [9.17, 15) is 14.4 Å². The number of hydrogen-bond donors (Lipinski definition) is 1. The summed E-state index contributed by atoms with van der Waals surface area (Å²) < 4.78 is 4.73. The van der Waals surface area contributed by atoms with E-state index in [0.29, 0.717) is 23.5 Å². The van der Waals surface area contributed by atoms with Crippen molar-refractivity contribution in [3.63, 3.8) is 0 Å². The molecule has 2 aromatic rings. The monoisotopic (exact) mass is 463 g/mol. The van der Waals surface area contributed by atoms with Gasteiger partial charge in [0.15, 0.2) is 0 Å². The highest BCUT2D eigenvalue weighted by Gasteiger charge is 2.30. The summed E-state index contributed by atoms with van der Waals surface area (Å²) in [5.74, 6) is -1.16. The number of ether oxygens (including phenoxy) is 1. The summed E-state index contributed by atoms with van der Waals surface area (Å²) in [6.07, 6.45) is 1.59. The zero-order chi connectivity index (χ0) is 24.2. The van der Waals surface area contributed by atoms with Crippen LogP contribution in [0.3, 0.4) is 0 Å². The Morgan fingerprint density at radius 1 is 1.15 bits per heavy atom. The molecule has 2 aliphatic rings. The van der Waals surface area contributed by atoms with Gasteiger partial charge in [0.1, 0.15) is 5.92 Å². The molecule has 9 nitrogen and oxygen atoms in total. The standard InChI is InChI=1S/C25H29N5O4/c1-28-10-12-30(13-11-28)16-23(31)29(2)19-7-5-18(6-8-19)26-15-21-20-9-4-17(25(33)34-3)14-22(20)27-24(21)32/h4-9,14-15,21H,10-13,16H2,1-3H3,(H,27,32). The number of hydrogen-bond acceptors (Lipinski definition) is 7. The summed E-state index contributed by atoms with van der Waals surface area (Å²) in [6, 6.07) is 12.3. The van der Waals surface area contributed by atoms with Crippen molar-refractivity contribution < 1.29 is 19.1 Å². The number of carbonyl (C=O) groups is 3. The van der Waals surface area contributed by atoms with E-state index in [1.165, 1.54) is 7.11 Å². The van der Waals surface area contributed by atoms with Crippen LogP contribution in [-0.2, 0) is 14.3 Å². The topological polar surface area (TPSA) is 94.5 Å². The van der Waals surface area contributed by atoms with E-state index < -0.39 is 11.9 Å². The molecule has 2 heterocycles. The molecule has 1 unspecified atom stereocenters. The van der Waals surface area contributed by atoms with E-state index in [-0.39, 0.29) is 11.8 Å². The lowest BCUT2D eigenvalue weighted by Crippen LogP contribution is -2.48. The molecule has 1 fully saturated rings. The van der Waals surface area contributed by atoms with Crippen LogP contribution in [0.5, 0.6) is 0 Å². The van der Waals surface area contributed by atoms with Gasteiger partial charge in [0.05, 0.1) is 24.9 Å². The second-order valence-electron chi connectivity index (χ2n) is 8.59. The summed E-state index contributed by atoms with van der Waals surface area (Å²) in [5.41, 5.74) is 3.18. The largest absolute Gasteiger partial charge is 0.465 e. The molecule has 0 aliphatic carbocycles. The van der Waals surface area contributed by atoms with Crippen LogP contribution in [0.4, 0.5) is 17.1 Å². The Bertz CT molecular complexity index is 1110. The van der Waals surface area contributed by atoms with Crippen molar-refractivity contribution >= 4 is 41.1 Å². The molecule has 178 valence electrons. The van der Waals surface area contributed by atoms with Gasteiger partial charge in [0, 0.05) is 50.8 Å². The molecule has 9 heteroatoms. The molecule has 1 atom stereocenters. The fourth-order valence-corrected chi connectivity index (χ4v) is 4.05. The fourth-order valence-electron chi connectivity index (χ4n) is 4.05. The van der Waals surface area contributed by atoms with Gasteiger partial charge in [-0.05, 0) is 49.0 Å². The fraction of sp³-hybridized carbons (Fsp3) is 0.360. The lowest BCUT2D eigenvalue weighted by Gasteiger charge is -2.32. The second-order valence-corrected chi connectivity index (χ2v) is 8.59. The van der Waals surface area contributed by atoms with Crippen LogP contribution in [0.2, 0.25) is 0 Å². The molecule has 0 saturated carbocycles. The van der Waals surface area contributed by atoms with E-state index in [0.717, 1.165) is 37.4 Å². The Balaban J connectivity index is 1.39. The molecule has 4 rings (SSSR count). The first-order valence-corrected chi connectivity index (χ1v) is 11.2. The number of benzene rings is 2. The minimum absolute atomic E-state index is 0.0476. The molecule has 0 radical (unpaired) electrons. The zero-order valence-electron chi connectivity index (χ0n) is 19.7. The first-order valence-electron chi connectivity index (χ1n) is 11.2. The van der Waals surface area contributed by atoms with Gasteiger partial charge in [0.25, 0.3) is 0 Å². The lowest BCUT2D eigenvalue weighted by atomic mass is 10.0. The number of likely N-dealkylation sites (N-methyl/N-ethyl adjacent to an activating group) is 2. The number of methoxy groups -OCH3 is 1. The maximum absolute atomic E-state index is 12.7. The van der Waals surface area contributed by atoms with Gasteiger partial charge in [-0.3, -0.25) is 19.5 Å². The van der Waals surface area contributed by atoms with Gasteiger partial charge in [-0.2, -0.15) is 0 Å². The van der Waals surface area contributed by atoms with E-state index in [1.54, 1.807) is 36.4 Å². The smallest absolute Gasteiger partial charge is 0.337 e. The minimum Gasteiger partial charge on any atom is -0.465 e. The average Bonchev–Trinajstić information content (AvgIpc) is 3.17. The van der Waals surface area contributed by atoms with Crippen molar-refractivity contribution in [2.24, 2.45) is 4.99 Å². The molecule has 0 spiro atoms. The number of esters is 1. The highest BCUT2D eigenvalue weighted by molar-refractivity contribution is 6.13. The molecule has 34 heavy (non-hydrogen) atoms. The molecule has 1 saturated heterocycles. The number of carbonyl (C=O) groups excluding carboxylic acids is 3. The third-order valence-corrected chi connectivity index (χ3v) is 6.29. The van der Waals surface area contributed by atoms with Gasteiger partial charge in [-0.15, -0.1) is 0 Å². The van der Waals surface area contributed by atoms with Gasteiger partial charge in [-0.25, -0.2) is 4.79 Å². The number of fused-ring (bicyclic) bond motifs is 1. The van der Waals surface area contributed by atoms with Crippen LogP contribution in [0.25, 0.3) is 0 Å². The van der Waals surface area contributed by atoms with Crippen molar-refractivity contribution in [2.45, 2.75) is 5.92 Å². The maximum Gasteiger partial charge on any atom is 0.337 e. The molecular formula is C25H29N5O4. The van der Waals surface area contributed by atoms with Crippen LogP contribution >= 0.6 is 0 Å². The van der Waals surface area contributed by atoms with Gasteiger partial charge >= 0.3 is 5.97 Å². The van der Waals surface area contributed by atoms with Crippen LogP contribution in [0, 0.1) is 0 Å². The van der Waals surface area contributed by atoms with Gasteiger partial charge < -0.3 is 19.9 Å². The Labute approximate surface area is 199 Å². The number of aliphatic imine (C=N–C) groups is 1. The van der Waals surface area contributed by atoms with Crippen molar-refractivity contribution in [3.05, 3.63) is 53.6 Å². The zero-order valence-corrected chi connectivity index (χ0v) is 19.7. The Kier molecular flexibility index (Phi) is 7.04. The first-order chi connectivity index (χ1) is 16.4. The van der Waals surface area contributed by atoms with E-state index >= 15 is 0 Å². The second kappa shape index (κ2) is 10.1. The third-order valence-electron chi connectivity index (χ3n) is 6.29. The maximum atomic E-state index is 12.7. The molecule has 0 bridgehead atoms. The minimum atomic E-state index is -0.547. The predicted octanol–water partition coefficient (Wildman–Crippen LogP) is 2.12. The number of amides is 2. The lowest BCUT2D eigenvalue weighted by molar-refractivity contribution is -0.120. The van der Waals surface area contributed by atoms with Crippen LogP contribution < -0.4 is 10.2 Å². The summed E-state index contributed by atoms with van der Waals surface area (Å²) in [7, 11) is 5.18. The van der Waals surface area contributed by atoms with Crippen molar-refractivity contribution in [3.8, 4) is 0 Å². The quantitative estimate of drug-likeness (QED) is 0.521. The highest BCUT2D eigenvalue weighted by atomic mass is 16.5. The number of piperazine rings is 1. The molecule has 2 aromatic carbocycles. The summed E-state index contributed by atoms with van der Waals surface area (Å²) in [4.78, 5) is 47.4. The molecular weight excluding hydrogens is 434 g/mol. The molecule has 2 amide bonds. The number of rotatable bonds is 6. The Hall–Kier alpha value is -3.56. The molecule has 1 N–H and O–H groups in total. The van der Waals surface area contributed by atoms with E-state index in [4.69, 9.17) is 4.74 Å². The molecule has 0 aromatic heterocycles. The average molecular weight is 464 g/mol. The number of anilines is 2. The number of nitrogens with zero attached hydrogens (tertiary/aromatic N) is 4. The SMILES string of the molecule is COC(=O)c1ccc2c(c1)NC(=O)C2C=Nc1ccc(N(C)C(=O)CN2CCN(C)CC2)cc1. The van der Waals surface area contributed by atoms with E-state index in [1.807, 2.05) is 24.3 Å². The summed E-state index contributed by atoms with van der Waals surface area (Å²) in [6.45, 7) is 4.13. The Morgan fingerprint density at radius 3 is 2.53 bits per heavy atom. The molecule has 2 aliphatic heterocycles. The van der Waals surface area contributed by atoms with Gasteiger partial charge in [-0.1, -0.05) is 6.07 Å². The van der Waals surface area contributed by atoms with Crippen molar-refractivity contribution in [1.29, 1.82) is 0 Å². The van der Waals surface area contributed by atoms with Crippen molar-refractivity contribution in [1.82, 2.24) is 9.80 Å². The van der Waals surface area contributed by atoms with Crippen LogP contribution in [0.15, 0.2) is 47.5 Å². The number of nitrogens with one attached hydrogen (secondary N) is 1. The van der Waals surface area contributed by atoms with Crippen LogP contribution in [0.1, 0.15) is 21.8 Å².